The lowest BCUT2D eigenvalue weighted by Crippen LogP contribution is -2.47. The second-order valence-corrected chi connectivity index (χ2v) is 7.78. The summed E-state index contributed by atoms with van der Waals surface area (Å²) in [4.78, 5) is 9.32. The van der Waals surface area contributed by atoms with Crippen molar-refractivity contribution in [3.63, 3.8) is 0 Å². The second kappa shape index (κ2) is 10.0. The van der Waals surface area contributed by atoms with E-state index in [-0.39, 0.29) is 0 Å². The maximum Gasteiger partial charge on any atom is 0.191 e. The van der Waals surface area contributed by atoms with E-state index in [1.165, 1.54) is 31.7 Å². The Hall–Kier alpha value is -1.11. The lowest BCUT2D eigenvalue weighted by atomic mass is 10.1. The van der Waals surface area contributed by atoms with Gasteiger partial charge >= 0.3 is 0 Å². The molecule has 0 amide bonds. The molecule has 0 aliphatic carbocycles. The number of hydrogen-bond donors (Lipinski definition) is 2. The van der Waals surface area contributed by atoms with Gasteiger partial charge in [-0.3, -0.25) is 4.99 Å². The number of nitrogens with one attached hydrogen (secondary N) is 2. The van der Waals surface area contributed by atoms with Crippen LogP contribution in [0.2, 0.25) is 0 Å². The molecule has 0 aromatic carbocycles. The lowest BCUT2D eigenvalue weighted by molar-refractivity contribution is 0.139. The molecule has 1 aliphatic heterocycles. The van der Waals surface area contributed by atoms with Crippen LogP contribution in [0.4, 0.5) is 0 Å². The summed E-state index contributed by atoms with van der Waals surface area (Å²) < 4.78 is 0. The molecule has 1 saturated heterocycles. The molecule has 2 unspecified atom stereocenters. The van der Waals surface area contributed by atoms with Gasteiger partial charge in [-0.1, -0.05) is 13.8 Å². The second-order valence-electron chi connectivity index (χ2n) is 7.00. The molecule has 1 aromatic heterocycles. The molecule has 0 radical (unpaired) electrons. The van der Waals surface area contributed by atoms with E-state index in [4.69, 9.17) is 0 Å². The monoisotopic (exact) mass is 351 g/mol. The van der Waals surface area contributed by atoms with Crippen LogP contribution in [0.3, 0.4) is 0 Å². The zero-order valence-electron chi connectivity index (χ0n) is 15.6. The largest absolute Gasteiger partial charge is 0.356 e. The van der Waals surface area contributed by atoms with Crippen molar-refractivity contribution in [2.45, 2.75) is 19.8 Å². The van der Waals surface area contributed by atoms with Crippen molar-refractivity contribution < 1.29 is 0 Å². The van der Waals surface area contributed by atoms with Gasteiger partial charge in [-0.2, -0.15) is 11.3 Å². The molecule has 6 heteroatoms. The van der Waals surface area contributed by atoms with Crippen molar-refractivity contribution in [3.05, 3.63) is 22.4 Å². The fourth-order valence-electron chi connectivity index (χ4n) is 2.95. The van der Waals surface area contributed by atoms with Crippen LogP contribution in [0.15, 0.2) is 21.8 Å². The van der Waals surface area contributed by atoms with Crippen LogP contribution >= 0.6 is 11.3 Å². The number of aliphatic imine (C=N–C) groups is 1. The molecule has 2 heterocycles. The van der Waals surface area contributed by atoms with E-state index in [0.29, 0.717) is 11.8 Å². The summed E-state index contributed by atoms with van der Waals surface area (Å²) in [7, 11) is 4.05. The third-order valence-electron chi connectivity index (χ3n) is 4.70. The highest BCUT2D eigenvalue weighted by Gasteiger charge is 2.16. The molecule has 2 N–H and O–H groups in total. The molecular weight excluding hydrogens is 318 g/mol. The van der Waals surface area contributed by atoms with Gasteiger partial charge in [0.2, 0.25) is 0 Å². The summed E-state index contributed by atoms with van der Waals surface area (Å²) in [6.07, 6.45) is 0. The summed E-state index contributed by atoms with van der Waals surface area (Å²) in [5.41, 5.74) is 1.39. The standard InChI is InChI=1S/C18H33N5S/c1-15(13-23-8-6-22(4)7-9-23)11-20-18(19-3)21-12-16(2)17-5-10-24-14-17/h5,10,14-16H,6-9,11-13H2,1-4H3,(H2,19,20,21). The van der Waals surface area contributed by atoms with Gasteiger partial charge in [0.1, 0.15) is 0 Å². The van der Waals surface area contributed by atoms with Gasteiger partial charge in [0, 0.05) is 52.9 Å². The molecule has 1 fully saturated rings. The number of hydrogen-bond acceptors (Lipinski definition) is 4. The fourth-order valence-corrected chi connectivity index (χ4v) is 3.73. The Bertz CT molecular complexity index is 480. The van der Waals surface area contributed by atoms with Crippen LogP contribution in [0.1, 0.15) is 25.3 Å². The third-order valence-corrected chi connectivity index (χ3v) is 5.40. The molecule has 136 valence electrons. The molecule has 1 aromatic rings. The van der Waals surface area contributed by atoms with Gasteiger partial charge in [-0.15, -0.1) is 0 Å². The highest BCUT2D eigenvalue weighted by Crippen LogP contribution is 2.16. The molecule has 0 spiro atoms. The van der Waals surface area contributed by atoms with E-state index in [0.717, 1.165) is 25.6 Å². The number of guanidine groups is 1. The van der Waals surface area contributed by atoms with Gasteiger partial charge in [0.05, 0.1) is 0 Å². The Balaban J connectivity index is 1.65. The first-order valence-electron chi connectivity index (χ1n) is 8.96. The summed E-state index contributed by atoms with van der Waals surface area (Å²) in [6, 6.07) is 2.20. The minimum Gasteiger partial charge on any atom is -0.356 e. The van der Waals surface area contributed by atoms with Gasteiger partial charge in [0.25, 0.3) is 0 Å². The Morgan fingerprint density at radius 2 is 1.92 bits per heavy atom. The zero-order chi connectivity index (χ0) is 17.4. The lowest BCUT2D eigenvalue weighted by Gasteiger charge is -2.34. The van der Waals surface area contributed by atoms with Crippen molar-refractivity contribution in [2.75, 3.05) is 59.9 Å². The van der Waals surface area contributed by atoms with Gasteiger partial charge in [-0.25, -0.2) is 0 Å². The molecule has 1 aliphatic rings. The molecule has 24 heavy (non-hydrogen) atoms. The van der Waals surface area contributed by atoms with Crippen LogP contribution < -0.4 is 10.6 Å². The molecule has 0 bridgehead atoms. The number of thiophene rings is 1. The van der Waals surface area contributed by atoms with E-state index in [1.54, 1.807) is 11.3 Å². The first-order chi connectivity index (χ1) is 11.6. The molecule has 0 saturated carbocycles. The van der Waals surface area contributed by atoms with E-state index in [2.05, 4.69) is 63.1 Å². The average molecular weight is 352 g/mol. The minimum atomic E-state index is 0.498. The van der Waals surface area contributed by atoms with Gasteiger partial charge in [-0.05, 0) is 41.3 Å². The van der Waals surface area contributed by atoms with Crippen molar-refractivity contribution >= 4 is 17.3 Å². The van der Waals surface area contributed by atoms with Crippen LogP contribution in [0.25, 0.3) is 0 Å². The van der Waals surface area contributed by atoms with Crippen molar-refractivity contribution in [3.8, 4) is 0 Å². The highest BCUT2D eigenvalue weighted by atomic mass is 32.1. The van der Waals surface area contributed by atoms with E-state index >= 15 is 0 Å². The Morgan fingerprint density at radius 3 is 2.54 bits per heavy atom. The summed E-state index contributed by atoms with van der Waals surface area (Å²) in [6.45, 7) is 12.3. The van der Waals surface area contributed by atoms with Crippen molar-refractivity contribution in [2.24, 2.45) is 10.9 Å². The van der Waals surface area contributed by atoms with Crippen molar-refractivity contribution in [1.82, 2.24) is 20.4 Å². The SMILES string of the molecule is CN=C(NCC(C)CN1CCN(C)CC1)NCC(C)c1ccsc1. The topological polar surface area (TPSA) is 42.9 Å². The van der Waals surface area contributed by atoms with Crippen LogP contribution in [0.5, 0.6) is 0 Å². The van der Waals surface area contributed by atoms with Crippen LogP contribution in [-0.4, -0.2) is 75.7 Å². The summed E-state index contributed by atoms with van der Waals surface area (Å²) in [5, 5.41) is 11.3. The van der Waals surface area contributed by atoms with Crippen LogP contribution in [-0.2, 0) is 0 Å². The number of nitrogens with zero attached hydrogens (tertiary/aromatic N) is 3. The fraction of sp³-hybridized carbons (Fsp3) is 0.722. The molecule has 2 rings (SSSR count). The number of likely N-dealkylation sites (N-methyl/N-ethyl adjacent to an activating group) is 1. The zero-order valence-corrected chi connectivity index (χ0v) is 16.4. The maximum atomic E-state index is 4.35. The summed E-state index contributed by atoms with van der Waals surface area (Å²) >= 11 is 1.76. The summed E-state index contributed by atoms with van der Waals surface area (Å²) in [5.74, 6) is 2.01. The first kappa shape index (κ1) is 19.2. The predicted molar refractivity (Wildman–Crippen MR) is 105 cm³/mol. The molecular formula is C18H33N5S. The molecule has 2 atom stereocenters. The first-order valence-corrected chi connectivity index (χ1v) is 9.90. The van der Waals surface area contributed by atoms with Gasteiger partial charge < -0.3 is 20.4 Å². The average Bonchev–Trinajstić information content (AvgIpc) is 3.11. The Morgan fingerprint density at radius 1 is 1.21 bits per heavy atom. The smallest absolute Gasteiger partial charge is 0.191 e. The Labute approximate surface area is 151 Å². The highest BCUT2D eigenvalue weighted by molar-refractivity contribution is 7.07. The molecule has 5 nitrogen and oxygen atoms in total. The van der Waals surface area contributed by atoms with E-state index in [9.17, 15) is 0 Å². The minimum absolute atomic E-state index is 0.498. The predicted octanol–water partition coefficient (Wildman–Crippen LogP) is 1.90. The van der Waals surface area contributed by atoms with E-state index < -0.39 is 0 Å². The number of rotatable bonds is 7. The normalized spacial score (nSPS) is 19.9. The maximum absolute atomic E-state index is 4.35. The van der Waals surface area contributed by atoms with Crippen LogP contribution in [0, 0.1) is 5.92 Å². The van der Waals surface area contributed by atoms with Gasteiger partial charge in [0.15, 0.2) is 5.96 Å². The Kier molecular flexibility index (Phi) is 8.02. The number of piperazine rings is 1. The quantitative estimate of drug-likeness (QED) is 0.582. The van der Waals surface area contributed by atoms with E-state index in [1.807, 2.05) is 7.05 Å². The third kappa shape index (κ3) is 6.42. The van der Waals surface area contributed by atoms with Crippen molar-refractivity contribution in [1.29, 1.82) is 0 Å².